The van der Waals surface area contributed by atoms with Crippen LogP contribution < -0.4 is 4.90 Å². The summed E-state index contributed by atoms with van der Waals surface area (Å²) in [6.45, 7) is 5.36. The van der Waals surface area contributed by atoms with Crippen molar-refractivity contribution in [3.63, 3.8) is 0 Å². The second-order valence-electron chi connectivity index (χ2n) is 4.34. The van der Waals surface area contributed by atoms with Crippen molar-refractivity contribution in [3.8, 4) is 5.75 Å². The van der Waals surface area contributed by atoms with Crippen LogP contribution in [0, 0.1) is 0 Å². The van der Waals surface area contributed by atoms with E-state index in [4.69, 9.17) is 5.53 Å². The van der Waals surface area contributed by atoms with Gasteiger partial charge in [-0.2, -0.15) is 0 Å². The maximum absolute atomic E-state index is 9.97. The zero-order valence-electron chi connectivity index (χ0n) is 11.6. The molecule has 0 aromatic heterocycles. The molecule has 1 rings (SSSR count). The summed E-state index contributed by atoms with van der Waals surface area (Å²) in [7, 11) is 0. The number of benzene rings is 1. The zero-order chi connectivity index (χ0) is 15.1. The Labute approximate surface area is 117 Å². The Hall–Kier alpha value is -1.95. The lowest BCUT2D eigenvalue weighted by Gasteiger charge is -2.23. The summed E-state index contributed by atoms with van der Waals surface area (Å²) < 4.78 is 0. The summed E-state index contributed by atoms with van der Waals surface area (Å²) in [6, 6.07) is 4.88. The molecule has 0 aliphatic carbocycles. The van der Waals surface area contributed by atoms with Gasteiger partial charge in [-0.15, -0.1) is 0 Å². The van der Waals surface area contributed by atoms with Crippen LogP contribution in [0.5, 0.6) is 5.75 Å². The highest BCUT2D eigenvalue weighted by molar-refractivity contribution is 5.53. The van der Waals surface area contributed by atoms with Gasteiger partial charge in [0, 0.05) is 35.3 Å². The summed E-state index contributed by atoms with van der Waals surface area (Å²) in [5.41, 5.74) is 9.24. The fraction of sp³-hybridized carbons (Fsp3) is 0.538. The van der Waals surface area contributed by atoms with Crippen LogP contribution in [0.15, 0.2) is 23.3 Å². The smallest absolute Gasteiger partial charge is 0.123 e. The van der Waals surface area contributed by atoms with E-state index in [1.165, 1.54) is 0 Å². The molecule has 1 aromatic carbocycles. The Morgan fingerprint density at radius 2 is 1.95 bits per heavy atom. The Morgan fingerprint density at radius 1 is 1.30 bits per heavy atom. The lowest BCUT2D eigenvalue weighted by Crippen LogP contribution is -2.23. The number of hydrogen-bond donors (Lipinski definition) is 3. The van der Waals surface area contributed by atoms with E-state index in [1.54, 1.807) is 18.2 Å². The average Bonchev–Trinajstić information content (AvgIpc) is 2.45. The number of phenolic OH excluding ortho intramolecular Hbond substituents is 1. The van der Waals surface area contributed by atoms with Gasteiger partial charge in [0.15, 0.2) is 0 Å². The number of anilines is 1. The minimum absolute atomic E-state index is 0.0955. The SMILES string of the molecule is CCN(CC)c1ccc(C(O)C(O)CN=[N+]=[N-])c(O)c1. The molecule has 1 aromatic rings. The lowest BCUT2D eigenvalue weighted by atomic mass is 10.0. The second-order valence-corrected chi connectivity index (χ2v) is 4.34. The summed E-state index contributed by atoms with van der Waals surface area (Å²) in [5.74, 6) is -0.0955. The summed E-state index contributed by atoms with van der Waals surface area (Å²) >= 11 is 0. The largest absolute Gasteiger partial charge is 0.507 e. The molecule has 110 valence electrons. The second kappa shape index (κ2) is 7.59. The molecule has 0 saturated heterocycles. The molecule has 0 heterocycles. The molecule has 0 radical (unpaired) electrons. The highest BCUT2D eigenvalue weighted by Gasteiger charge is 2.21. The van der Waals surface area contributed by atoms with Crippen LogP contribution in [0.4, 0.5) is 5.69 Å². The molecule has 2 atom stereocenters. The molecular weight excluding hydrogens is 260 g/mol. The first-order valence-electron chi connectivity index (χ1n) is 6.49. The van der Waals surface area contributed by atoms with Crippen molar-refractivity contribution >= 4 is 5.69 Å². The summed E-state index contributed by atoms with van der Waals surface area (Å²) in [4.78, 5) is 4.57. The van der Waals surface area contributed by atoms with Crippen LogP contribution in [0.3, 0.4) is 0 Å². The standard InChI is InChI=1S/C13H20N4O3/c1-3-17(4-2)9-5-6-10(11(18)7-9)13(20)12(19)8-15-16-14/h5-7,12-13,18-20H,3-4,8H2,1-2H3. The molecule has 0 saturated carbocycles. The normalized spacial score (nSPS) is 13.4. The molecule has 0 fully saturated rings. The third kappa shape index (κ3) is 3.77. The molecule has 7 nitrogen and oxygen atoms in total. The molecule has 0 spiro atoms. The third-order valence-electron chi connectivity index (χ3n) is 3.16. The number of phenols is 1. The van der Waals surface area contributed by atoms with E-state index >= 15 is 0 Å². The van der Waals surface area contributed by atoms with Crippen molar-refractivity contribution in [3.05, 3.63) is 34.2 Å². The van der Waals surface area contributed by atoms with Gasteiger partial charge in [0.05, 0.1) is 12.6 Å². The quantitative estimate of drug-likeness (QED) is 0.402. The Bertz CT molecular complexity index is 485. The van der Waals surface area contributed by atoms with E-state index in [9.17, 15) is 15.3 Å². The predicted octanol–water partition coefficient (Wildman–Crippen LogP) is 1.94. The molecular formula is C13H20N4O3. The van der Waals surface area contributed by atoms with Gasteiger partial charge >= 0.3 is 0 Å². The number of aromatic hydroxyl groups is 1. The maximum atomic E-state index is 9.97. The van der Waals surface area contributed by atoms with Crippen LogP contribution in [-0.2, 0) is 0 Å². The maximum Gasteiger partial charge on any atom is 0.123 e. The van der Waals surface area contributed by atoms with E-state index in [0.717, 1.165) is 18.8 Å². The zero-order valence-corrected chi connectivity index (χ0v) is 11.6. The number of rotatable bonds is 7. The van der Waals surface area contributed by atoms with Gasteiger partial charge in [-0.1, -0.05) is 11.2 Å². The van der Waals surface area contributed by atoms with Gasteiger partial charge in [0.25, 0.3) is 0 Å². The van der Waals surface area contributed by atoms with Gasteiger partial charge in [-0.25, -0.2) is 0 Å². The van der Waals surface area contributed by atoms with Crippen LogP contribution in [0.2, 0.25) is 0 Å². The molecule has 7 heteroatoms. The van der Waals surface area contributed by atoms with Crippen molar-refractivity contribution in [1.29, 1.82) is 0 Å². The van der Waals surface area contributed by atoms with Crippen molar-refractivity contribution in [2.24, 2.45) is 5.11 Å². The van der Waals surface area contributed by atoms with E-state index in [0.29, 0.717) is 0 Å². The molecule has 3 N–H and O–H groups in total. The minimum Gasteiger partial charge on any atom is -0.507 e. The van der Waals surface area contributed by atoms with E-state index in [1.807, 2.05) is 18.7 Å². The molecule has 0 aliphatic rings. The van der Waals surface area contributed by atoms with Gasteiger partial charge in [-0.3, -0.25) is 0 Å². The van der Waals surface area contributed by atoms with Crippen molar-refractivity contribution in [1.82, 2.24) is 0 Å². The Kier molecular flexibility index (Phi) is 6.11. The number of aliphatic hydroxyl groups excluding tert-OH is 2. The van der Waals surface area contributed by atoms with Gasteiger partial charge < -0.3 is 20.2 Å². The van der Waals surface area contributed by atoms with Crippen LogP contribution >= 0.6 is 0 Å². The highest BCUT2D eigenvalue weighted by atomic mass is 16.3. The van der Waals surface area contributed by atoms with Gasteiger partial charge in [-0.05, 0) is 25.4 Å². The van der Waals surface area contributed by atoms with E-state index in [2.05, 4.69) is 10.0 Å². The monoisotopic (exact) mass is 280 g/mol. The first-order valence-corrected chi connectivity index (χ1v) is 6.49. The van der Waals surface area contributed by atoms with Crippen LogP contribution in [0.1, 0.15) is 25.5 Å². The Balaban J connectivity index is 2.94. The van der Waals surface area contributed by atoms with Crippen molar-refractivity contribution in [2.45, 2.75) is 26.1 Å². The van der Waals surface area contributed by atoms with Crippen LogP contribution in [0.25, 0.3) is 10.4 Å². The van der Waals surface area contributed by atoms with Crippen LogP contribution in [-0.4, -0.2) is 41.1 Å². The van der Waals surface area contributed by atoms with E-state index < -0.39 is 12.2 Å². The highest BCUT2D eigenvalue weighted by Crippen LogP contribution is 2.30. The van der Waals surface area contributed by atoms with Crippen molar-refractivity contribution in [2.75, 3.05) is 24.5 Å². The fourth-order valence-electron chi connectivity index (χ4n) is 1.99. The first kappa shape index (κ1) is 16.1. The molecule has 0 aliphatic heterocycles. The topological polar surface area (TPSA) is 113 Å². The van der Waals surface area contributed by atoms with Crippen molar-refractivity contribution < 1.29 is 15.3 Å². The summed E-state index contributed by atoms with van der Waals surface area (Å²) in [5, 5.41) is 32.8. The molecule has 20 heavy (non-hydrogen) atoms. The minimum atomic E-state index is -1.30. The molecule has 2 unspecified atom stereocenters. The average molecular weight is 280 g/mol. The Morgan fingerprint density at radius 3 is 2.45 bits per heavy atom. The molecule has 0 bridgehead atoms. The lowest BCUT2D eigenvalue weighted by molar-refractivity contribution is 0.0230. The van der Waals surface area contributed by atoms with Gasteiger partial charge in [0.2, 0.25) is 0 Å². The number of hydrogen-bond acceptors (Lipinski definition) is 5. The number of azide groups is 1. The predicted molar refractivity (Wildman–Crippen MR) is 76.6 cm³/mol. The molecule has 0 amide bonds. The van der Waals surface area contributed by atoms with Gasteiger partial charge in [0.1, 0.15) is 11.9 Å². The summed E-state index contributed by atoms with van der Waals surface area (Å²) in [6.07, 6.45) is -2.55. The first-order chi connectivity index (χ1) is 9.54. The number of aliphatic hydroxyl groups is 2. The fourth-order valence-corrected chi connectivity index (χ4v) is 1.99. The third-order valence-corrected chi connectivity index (χ3v) is 3.16. The number of nitrogens with zero attached hydrogens (tertiary/aromatic N) is 4. The van der Waals surface area contributed by atoms with E-state index in [-0.39, 0.29) is 17.9 Å².